The van der Waals surface area contributed by atoms with Crippen LogP contribution in [0.3, 0.4) is 0 Å². The first kappa shape index (κ1) is 15.5. The predicted octanol–water partition coefficient (Wildman–Crippen LogP) is 2.06. The van der Waals surface area contributed by atoms with Crippen LogP contribution in [0, 0.1) is 5.41 Å². The Morgan fingerprint density at radius 3 is 2.05 bits per heavy atom. The van der Waals surface area contributed by atoms with E-state index in [9.17, 15) is 9.90 Å². The lowest BCUT2D eigenvalue weighted by molar-refractivity contribution is -0.150. The van der Waals surface area contributed by atoms with E-state index in [1.54, 1.807) is 12.1 Å². The molecule has 5 nitrogen and oxygen atoms in total. The van der Waals surface area contributed by atoms with Crippen LogP contribution < -0.4 is 0 Å². The Kier molecular flexibility index (Phi) is 4.02. The van der Waals surface area contributed by atoms with E-state index >= 15 is 0 Å². The van der Waals surface area contributed by atoms with Crippen LogP contribution in [0.1, 0.15) is 40.5 Å². The summed E-state index contributed by atoms with van der Waals surface area (Å²) in [6.07, 6.45) is 2.69. The first-order valence-corrected chi connectivity index (χ1v) is 7.05. The van der Waals surface area contributed by atoms with Crippen LogP contribution in [0.15, 0.2) is 12.1 Å². The lowest BCUT2D eigenvalue weighted by Gasteiger charge is -2.32. The molecular weight excluding hydrogens is 259 g/mol. The molecule has 0 radical (unpaired) electrons. The van der Waals surface area contributed by atoms with E-state index < -0.39 is 29.7 Å². The molecule has 0 spiro atoms. The van der Waals surface area contributed by atoms with Crippen LogP contribution in [0.2, 0.25) is 0 Å². The Hall–Kier alpha value is -0.845. The van der Waals surface area contributed by atoms with Gasteiger partial charge in [-0.1, -0.05) is 12.1 Å². The van der Waals surface area contributed by atoms with Gasteiger partial charge in [0.1, 0.15) is 0 Å². The van der Waals surface area contributed by atoms with Gasteiger partial charge in [0.2, 0.25) is 0 Å². The minimum Gasteiger partial charge on any atom is -0.481 e. The lowest BCUT2D eigenvalue weighted by atomic mass is 9.76. The quantitative estimate of drug-likeness (QED) is 0.803. The zero-order valence-electron chi connectivity index (χ0n) is 12.6. The van der Waals surface area contributed by atoms with Crippen molar-refractivity contribution in [2.45, 2.75) is 51.7 Å². The number of ether oxygens (including phenoxy) is 1. The number of carbonyl (C=O) groups is 1. The Bertz CT molecular complexity index is 394. The summed E-state index contributed by atoms with van der Waals surface area (Å²) in [6.45, 7) is 8.84. The molecule has 2 rings (SSSR count). The Morgan fingerprint density at radius 1 is 1.10 bits per heavy atom. The summed E-state index contributed by atoms with van der Waals surface area (Å²) in [6, 6.07) is 0. The number of carboxylic acids is 1. The molecule has 6 heteroatoms. The third-order valence-electron chi connectivity index (χ3n) is 4.65. The molecule has 0 aromatic carbocycles. The minimum atomic E-state index is -0.859. The standard InChI is InChI=1S/C14H23BO5/c1-12(2)13(3,4)20-15(19-12)8-5-14(11(16)17)6-9-18-10-7-14/h5,8H,6-7,9-10H2,1-4H3,(H,16,17). The highest BCUT2D eigenvalue weighted by Crippen LogP contribution is 2.38. The van der Waals surface area contributed by atoms with Crippen LogP contribution in [0.25, 0.3) is 0 Å². The predicted molar refractivity (Wildman–Crippen MR) is 75.3 cm³/mol. The van der Waals surface area contributed by atoms with Crippen LogP contribution in [0.4, 0.5) is 0 Å². The van der Waals surface area contributed by atoms with Crippen molar-refractivity contribution in [2.75, 3.05) is 13.2 Å². The van der Waals surface area contributed by atoms with Gasteiger partial charge in [0, 0.05) is 13.2 Å². The molecular formula is C14H23BO5. The summed E-state index contributed by atoms with van der Waals surface area (Å²) in [5.74, 6) is 0.921. The molecule has 0 aromatic heterocycles. The molecule has 0 unspecified atom stereocenters. The molecule has 2 fully saturated rings. The molecule has 112 valence electrons. The van der Waals surface area contributed by atoms with Gasteiger partial charge < -0.3 is 19.2 Å². The average molecular weight is 282 g/mol. The van der Waals surface area contributed by atoms with Gasteiger partial charge >= 0.3 is 13.1 Å². The highest BCUT2D eigenvalue weighted by atomic mass is 16.7. The van der Waals surface area contributed by atoms with Crippen molar-refractivity contribution in [3.63, 3.8) is 0 Å². The molecule has 0 bridgehead atoms. The minimum absolute atomic E-state index is 0.409. The number of rotatable bonds is 3. The molecule has 2 heterocycles. The van der Waals surface area contributed by atoms with Crippen molar-refractivity contribution < 1.29 is 23.9 Å². The van der Waals surface area contributed by atoms with E-state index in [0.29, 0.717) is 26.1 Å². The van der Waals surface area contributed by atoms with Gasteiger partial charge in [-0.2, -0.15) is 0 Å². The molecule has 2 saturated heterocycles. The Labute approximate surface area is 120 Å². The molecule has 0 atom stereocenters. The van der Waals surface area contributed by atoms with E-state index in [4.69, 9.17) is 14.0 Å². The zero-order chi connectivity index (χ0) is 15.0. The van der Waals surface area contributed by atoms with E-state index in [2.05, 4.69) is 0 Å². The van der Waals surface area contributed by atoms with Gasteiger partial charge in [0.05, 0.1) is 16.6 Å². The maximum Gasteiger partial charge on any atom is 0.486 e. The summed E-state index contributed by atoms with van der Waals surface area (Å²) >= 11 is 0. The van der Waals surface area contributed by atoms with E-state index in [1.807, 2.05) is 27.7 Å². The Balaban J connectivity index is 2.11. The topological polar surface area (TPSA) is 65.0 Å². The largest absolute Gasteiger partial charge is 0.486 e. The number of hydrogen-bond donors (Lipinski definition) is 1. The van der Waals surface area contributed by atoms with Crippen LogP contribution in [-0.4, -0.2) is 42.6 Å². The third kappa shape index (κ3) is 2.78. The van der Waals surface area contributed by atoms with Crippen LogP contribution in [-0.2, 0) is 18.8 Å². The SMILES string of the molecule is CC1(C)OB(C=CC2(C(=O)O)CCOCC2)OC1(C)C. The molecule has 0 aromatic rings. The smallest absolute Gasteiger partial charge is 0.481 e. The second kappa shape index (κ2) is 5.17. The van der Waals surface area contributed by atoms with Crippen molar-refractivity contribution >= 4 is 13.1 Å². The molecule has 2 aliphatic rings. The normalized spacial score (nSPS) is 27.9. The fourth-order valence-corrected chi connectivity index (χ4v) is 2.42. The maximum atomic E-state index is 11.5. The van der Waals surface area contributed by atoms with Gasteiger partial charge in [-0.15, -0.1) is 0 Å². The number of carboxylic acid groups (broad SMARTS) is 1. The second-order valence-electron chi connectivity index (χ2n) is 6.56. The summed E-state index contributed by atoms with van der Waals surface area (Å²) in [5, 5.41) is 9.48. The highest BCUT2D eigenvalue weighted by Gasteiger charge is 2.50. The summed E-state index contributed by atoms with van der Waals surface area (Å²) in [7, 11) is -0.501. The molecule has 0 amide bonds. The monoisotopic (exact) mass is 282 g/mol. The Morgan fingerprint density at radius 2 is 1.60 bits per heavy atom. The van der Waals surface area contributed by atoms with E-state index in [-0.39, 0.29) is 0 Å². The van der Waals surface area contributed by atoms with Crippen LogP contribution >= 0.6 is 0 Å². The molecule has 0 saturated carbocycles. The third-order valence-corrected chi connectivity index (χ3v) is 4.65. The summed E-state index contributed by atoms with van der Waals surface area (Å²) in [5.41, 5.74) is -1.68. The molecule has 20 heavy (non-hydrogen) atoms. The van der Waals surface area contributed by atoms with E-state index in [1.165, 1.54) is 0 Å². The second-order valence-corrected chi connectivity index (χ2v) is 6.56. The first-order valence-electron chi connectivity index (χ1n) is 7.05. The number of hydrogen-bond acceptors (Lipinski definition) is 4. The molecule has 1 N–H and O–H groups in total. The average Bonchev–Trinajstić information content (AvgIpc) is 2.56. The maximum absolute atomic E-state index is 11.5. The zero-order valence-corrected chi connectivity index (χ0v) is 12.6. The highest BCUT2D eigenvalue weighted by molar-refractivity contribution is 6.51. The van der Waals surface area contributed by atoms with Gasteiger partial charge in [-0.05, 0) is 40.5 Å². The van der Waals surface area contributed by atoms with Gasteiger partial charge in [-0.25, -0.2) is 0 Å². The first-order chi connectivity index (χ1) is 9.19. The van der Waals surface area contributed by atoms with Crippen LogP contribution in [0.5, 0.6) is 0 Å². The van der Waals surface area contributed by atoms with Gasteiger partial charge in [0.15, 0.2) is 0 Å². The van der Waals surface area contributed by atoms with Crippen molar-refractivity contribution in [3.05, 3.63) is 12.1 Å². The van der Waals surface area contributed by atoms with Gasteiger partial charge in [0.25, 0.3) is 0 Å². The fraction of sp³-hybridized carbons (Fsp3) is 0.786. The molecule has 2 aliphatic heterocycles. The summed E-state index contributed by atoms with van der Waals surface area (Å²) in [4.78, 5) is 11.5. The van der Waals surface area contributed by atoms with Crippen molar-refractivity contribution in [1.29, 1.82) is 0 Å². The van der Waals surface area contributed by atoms with Crippen molar-refractivity contribution in [3.8, 4) is 0 Å². The van der Waals surface area contributed by atoms with Crippen molar-refractivity contribution in [2.24, 2.45) is 5.41 Å². The fourth-order valence-electron chi connectivity index (χ4n) is 2.42. The summed E-state index contributed by atoms with van der Waals surface area (Å²) < 4.78 is 16.9. The van der Waals surface area contributed by atoms with Crippen molar-refractivity contribution in [1.82, 2.24) is 0 Å². The number of aliphatic carboxylic acids is 1. The van der Waals surface area contributed by atoms with Gasteiger partial charge in [-0.3, -0.25) is 4.79 Å². The molecule has 0 aliphatic carbocycles. The van der Waals surface area contributed by atoms with E-state index in [0.717, 1.165) is 0 Å². The lowest BCUT2D eigenvalue weighted by Crippen LogP contribution is -2.41.